The molecule has 0 unspecified atom stereocenters. The molecule has 1 fully saturated rings. The summed E-state index contributed by atoms with van der Waals surface area (Å²) in [6.07, 6.45) is 6.09. The van der Waals surface area contributed by atoms with Gasteiger partial charge in [-0.15, -0.1) is 0 Å². The summed E-state index contributed by atoms with van der Waals surface area (Å²) in [7, 11) is 2.60. The fraction of sp³-hybridized carbons (Fsp3) is 0.778. The molecule has 1 aliphatic carbocycles. The Labute approximate surface area is 139 Å². The highest BCUT2D eigenvalue weighted by Gasteiger charge is 2.60. The van der Waals surface area contributed by atoms with E-state index < -0.39 is 23.0 Å². The van der Waals surface area contributed by atoms with Crippen molar-refractivity contribution in [3.05, 3.63) is 12.2 Å². The molecule has 0 aliphatic heterocycles. The Hall–Kier alpha value is -1.36. The lowest BCUT2D eigenvalue weighted by Crippen LogP contribution is -2.39. The first-order chi connectivity index (χ1) is 10.5. The maximum atomic E-state index is 12.3. The number of rotatable bonds is 6. The van der Waals surface area contributed by atoms with Crippen molar-refractivity contribution in [3.8, 4) is 0 Å². The van der Waals surface area contributed by atoms with Gasteiger partial charge < -0.3 is 14.6 Å². The van der Waals surface area contributed by atoms with Gasteiger partial charge in [-0.3, -0.25) is 9.59 Å². The minimum Gasteiger partial charge on any atom is -0.468 e. The molecule has 132 valence electrons. The van der Waals surface area contributed by atoms with E-state index in [0.29, 0.717) is 19.3 Å². The van der Waals surface area contributed by atoms with Crippen LogP contribution < -0.4 is 0 Å². The second-order valence-corrected chi connectivity index (χ2v) is 7.50. The van der Waals surface area contributed by atoms with Crippen molar-refractivity contribution in [3.63, 3.8) is 0 Å². The topological polar surface area (TPSA) is 72.8 Å². The van der Waals surface area contributed by atoms with E-state index in [4.69, 9.17) is 9.47 Å². The van der Waals surface area contributed by atoms with Gasteiger partial charge in [0.25, 0.3) is 0 Å². The first-order valence-electron chi connectivity index (χ1n) is 8.10. The van der Waals surface area contributed by atoms with E-state index in [1.807, 2.05) is 12.2 Å². The van der Waals surface area contributed by atoms with Crippen LogP contribution in [0.25, 0.3) is 0 Å². The molecule has 1 rings (SSSR count). The van der Waals surface area contributed by atoms with Gasteiger partial charge in [-0.25, -0.2) is 0 Å². The maximum absolute atomic E-state index is 12.3. The molecule has 1 N–H and O–H groups in total. The van der Waals surface area contributed by atoms with Gasteiger partial charge in [0.05, 0.1) is 19.8 Å². The first kappa shape index (κ1) is 19.7. The Morgan fingerprint density at radius 1 is 1.26 bits per heavy atom. The van der Waals surface area contributed by atoms with Crippen LogP contribution in [-0.2, 0) is 19.1 Å². The Morgan fingerprint density at radius 2 is 1.78 bits per heavy atom. The van der Waals surface area contributed by atoms with Crippen LogP contribution in [-0.4, -0.2) is 36.9 Å². The van der Waals surface area contributed by atoms with Crippen molar-refractivity contribution in [2.75, 3.05) is 14.2 Å². The molecule has 5 nitrogen and oxygen atoms in total. The van der Waals surface area contributed by atoms with Gasteiger partial charge in [0, 0.05) is 0 Å². The smallest absolute Gasteiger partial charge is 0.323 e. The minimum absolute atomic E-state index is 0.0491. The van der Waals surface area contributed by atoms with Crippen LogP contribution in [0.4, 0.5) is 0 Å². The molecule has 1 saturated carbocycles. The average Bonchev–Trinajstić information content (AvgIpc) is 2.79. The highest BCUT2D eigenvalue weighted by Crippen LogP contribution is 2.56. The van der Waals surface area contributed by atoms with E-state index in [1.54, 1.807) is 13.8 Å². The van der Waals surface area contributed by atoms with E-state index in [1.165, 1.54) is 14.2 Å². The van der Waals surface area contributed by atoms with Crippen molar-refractivity contribution < 1.29 is 24.2 Å². The summed E-state index contributed by atoms with van der Waals surface area (Å²) in [6, 6.07) is 0. The lowest BCUT2D eigenvalue weighted by molar-refractivity contribution is -0.169. The van der Waals surface area contributed by atoms with Gasteiger partial charge >= 0.3 is 11.9 Å². The molecule has 0 aromatic rings. The largest absolute Gasteiger partial charge is 0.468 e. The second-order valence-electron chi connectivity index (χ2n) is 7.50. The molecule has 0 heterocycles. The number of hydrogen-bond acceptors (Lipinski definition) is 5. The molecule has 0 amide bonds. The number of carbonyl (C=O) groups excluding carboxylic acids is 2. The molecule has 0 radical (unpaired) electrons. The number of allylic oxidation sites excluding steroid dienone is 1. The van der Waals surface area contributed by atoms with Crippen LogP contribution in [0, 0.1) is 16.7 Å². The van der Waals surface area contributed by atoms with Gasteiger partial charge in [0.15, 0.2) is 5.41 Å². The predicted molar refractivity (Wildman–Crippen MR) is 87.6 cm³/mol. The lowest BCUT2D eigenvalue weighted by Gasteiger charge is -2.29. The fourth-order valence-corrected chi connectivity index (χ4v) is 3.51. The summed E-state index contributed by atoms with van der Waals surface area (Å²) < 4.78 is 9.80. The minimum atomic E-state index is -1.24. The number of methoxy groups -OCH3 is 2. The second kappa shape index (κ2) is 7.04. The lowest BCUT2D eigenvalue weighted by atomic mass is 9.76. The van der Waals surface area contributed by atoms with Gasteiger partial charge in [0.1, 0.15) is 0 Å². The highest BCUT2D eigenvalue weighted by molar-refractivity contribution is 6.00. The van der Waals surface area contributed by atoms with Crippen LogP contribution >= 0.6 is 0 Å². The summed E-state index contributed by atoms with van der Waals surface area (Å²) in [4.78, 5) is 24.7. The maximum Gasteiger partial charge on any atom is 0.323 e. The molecule has 23 heavy (non-hydrogen) atoms. The van der Waals surface area contributed by atoms with Crippen LogP contribution in [0.1, 0.15) is 53.4 Å². The van der Waals surface area contributed by atoms with E-state index in [9.17, 15) is 14.7 Å². The van der Waals surface area contributed by atoms with Crippen LogP contribution in [0.5, 0.6) is 0 Å². The van der Waals surface area contributed by atoms with Crippen molar-refractivity contribution in [2.45, 2.75) is 59.0 Å². The molecule has 5 heteroatoms. The SMILES string of the molecule is CC[C@@]1(C)CC(C(=O)OC)(C(=O)OC)C[C@H]1/C=C/CC(C)(C)O. The molecule has 0 aromatic carbocycles. The Bertz CT molecular complexity index is 458. The average molecular weight is 326 g/mol. The molecule has 0 bridgehead atoms. The fourth-order valence-electron chi connectivity index (χ4n) is 3.51. The first-order valence-corrected chi connectivity index (χ1v) is 8.10. The Balaban J connectivity index is 3.13. The summed E-state index contributed by atoms with van der Waals surface area (Å²) >= 11 is 0. The van der Waals surface area contributed by atoms with Crippen LogP contribution in [0.3, 0.4) is 0 Å². The Kier molecular flexibility index (Phi) is 6.02. The van der Waals surface area contributed by atoms with Crippen molar-refractivity contribution in [1.29, 1.82) is 0 Å². The van der Waals surface area contributed by atoms with Crippen LogP contribution in [0.2, 0.25) is 0 Å². The predicted octanol–water partition coefficient (Wildman–Crippen LogP) is 2.86. The Morgan fingerprint density at radius 3 is 2.17 bits per heavy atom. The molecule has 0 aromatic heterocycles. The van der Waals surface area contributed by atoms with Crippen molar-refractivity contribution in [1.82, 2.24) is 0 Å². The van der Waals surface area contributed by atoms with Crippen LogP contribution in [0.15, 0.2) is 12.2 Å². The summed E-state index contributed by atoms with van der Waals surface area (Å²) in [5.74, 6) is -1.00. The molecule has 1 aliphatic rings. The zero-order valence-electron chi connectivity index (χ0n) is 15.1. The standard InChI is InChI=1S/C18H30O5/c1-7-17(4)12-18(14(19)22-5,15(20)23-6)11-13(17)9-8-10-16(2,3)21/h8-9,13,21H,7,10-12H2,1-6H3/b9-8+/t13-,17+/m1/s1. The summed E-state index contributed by atoms with van der Waals surface area (Å²) in [6.45, 7) is 7.64. The molecule has 0 spiro atoms. The monoisotopic (exact) mass is 326 g/mol. The molecular formula is C18H30O5. The third-order valence-electron chi connectivity index (χ3n) is 5.11. The zero-order chi connectivity index (χ0) is 17.9. The third-order valence-corrected chi connectivity index (χ3v) is 5.11. The summed E-state index contributed by atoms with van der Waals surface area (Å²) in [5, 5.41) is 9.83. The molecule has 2 atom stereocenters. The third kappa shape index (κ3) is 4.14. The van der Waals surface area contributed by atoms with Crippen molar-refractivity contribution in [2.24, 2.45) is 16.7 Å². The zero-order valence-corrected chi connectivity index (χ0v) is 15.1. The quantitative estimate of drug-likeness (QED) is 0.461. The van der Waals surface area contributed by atoms with E-state index in [-0.39, 0.29) is 11.3 Å². The number of hydrogen-bond donors (Lipinski definition) is 1. The van der Waals surface area contributed by atoms with Gasteiger partial charge in [-0.1, -0.05) is 32.4 Å². The number of esters is 2. The number of ether oxygens (including phenoxy) is 2. The van der Waals surface area contributed by atoms with Gasteiger partial charge in [0.2, 0.25) is 0 Å². The normalized spacial score (nSPS) is 27.2. The van der Waals surface area contributed by atoms with E-state index in [2.05, 4.69) is 13.8 Å². The van der Waals surface area contributed by atoms with Gasteiger partial charge in [-0.2, -0.15) is 0 Å². The number of aliphatic hydroxyl groups is 1. The number of carbonyl (C=O) groups is 2. The van der Waals surface area contributed by atoms with Gasteiger partial charge in [-0.05, 0) is 44.4 Å². The van der Waals surface area contributed by atoms with E-state index >= 15 is 0 Å². The highest BCUT2D eigenvalue weighted by atomic mass is 16.5. The molecular weight excluding hydrogens is 296 g/mol. The molecule has 0 saturated heterocycles. The van der Waals surface area contributed by atoms with Crippen molar-refractivity contribution >= 4 is 11.9 Å². The van der Waals surface area contributed by atoms with E-state index in [0.717, 1.165) is 6.42 Å². The summed E-state index contributed by atoms with van der Waals surface area (Å²) in [5.41, 5.74) is -2.21.